The van der Waals surface area contributed by atoms with Crippen molar-refractivity contribution in [1.82, 2.24) is 10.6 Å². The molecule has 0 saturated heterocycles. The molecule has 1 amide bonds. The van der Waals surface area contributed by atoms with E-state index in [0.717, 1.165) is 32.1 Å². The summed E-state index contributed by atoms with van der Waals surface area (Å²) in [6, 6.07) is -1.18. The van der Waals surface area contributed by atoms with E-state index in [1.807, 2.05) is 19.9 Å². The van der Waals surface area contributed by atoms with Crippen LogP contribution in [0.25, 0.3) is 0 Å². The molecular formula is C23H43N3O2. The lowest BCUT2D eigenvalue weighted by molar-refractivity contribution is -0.134. The van der Waals surface area contributed by atoms with Gasteiger partial charge in [-0.15, -0.1) is 6.58 Å². The summed E-state index contributed by atoms with van der Waals surface area (Å²) in [7, 11) is 0. The Balaban J connectivity index is 3.10. The quantitative estimate of drug-likeness (QED) is 0.495. The van der Waals surface area contributed by atoms with E-state index in [4.69, 9.17) is 5.73 Å². The Morgan fingerprint density at radius 3 is 2.00 bits per heavy atom. The Labute approximate surface area is 172 Å². The van der Waals surface area contributed by atoms with Crippen molar-refractivity contribution in [1.29, 1.82) is 0 Å². The van der Waals surface area contributed by atoms with Gasteiger partial charge in [0.2, 0.25) is 5.91 Å². The maximum atomic E-state index is 13.6. The second kappa shape index (κ2) is 10.0. The van der Waals surface area contributed by atoms with Gasteiger partial charge < -0.3 is 11.1 Å². The minimum Gasteiger partial charge on any atom is -0.345 e. The second-order valence-corrected chi connectivity index (χ2v) is 9.65. The molecule has 0 aromatic heterocycles. The molecule has 0 aromatic carbocycles. The Morgan fingerprint density at radius 1 is 1.04 bits per heavy atom. The number of carbonyl (C=O) groups excluding carboxylic acids is 2. The van der Waals surface area contributed by atoms with Gasteiger partial charge in [-0.05, 0) is 44.4 Å². The van der Waals surface area contributed by atoms with Crippen molar-refractivity contribution in [3.05, 3.63) is 12.7 Å². The zero-order valence-corrected chi connectivity index (χ0v) is 19.1. The van der Waals surface area contributed by atoms with Gasteiger partial charge >= 0.3 is 0 Å². The van der Waals surface area contributed by atoms with Gasteiger partial charge in [0, 0.05) is 5.54 Å². The largest absolute Gasteiger partial charge is 0.345 e. The molecule has 28 heavy (non-hydrogen) atoms. The first-order chi connectivity index (χ1) is 12.9. The monoisotopic (exact) mass is 393 g/mol. The Bertz CT molecular complexity index is 552. The fourth-order valence-electron chi connectivity index (χ4n) is 4.24. The summed E-state index contributed by atoms with van der Waals surface area (Å²) in [5, 5.41) is 6.59. The molecule has 1 unspecified atom stereocenters. The third-order valence-electron chi connectivity index (χ3n) is 6.83. The minimum absolute atomic E-state index is 0.0278. The third kappa shape index (κ3) is 5.66. The van der Waals surface area contributed by atoms with Crippen LogP contribution in [0.15, 0.2) is 12.7 Å². The Morgan fingerprint density at radius 2 is 1.57 bits per heavy atom. The van der Waals surface area contributed by atoms with E-state index in [9.17, 15) is 9.59 Å². The van der Waals surface area contributed by atoms with E-state index in [0.29, 0.717) is 11.8 Å². The fraction of sp³-hybridized carbons (Fsp3) is 0.826. The molecule has 4 N–H and O–H groups in total. The van der Waals surface area contributed by atoms with Crippen molar-refractivity contribution in [2.45, 2.75) is 104 Å². The van der Waals surface area contributed by atoms with Gasteiger partial charge in [-0.3, -0.25) is 14.9 Å². The fourth-order valence-corrected chi connectivity index (χ4v) is 4.24. The first-order valence-electron chi connectivity index (χ1n) is 10.9. The van der Waals surface area contributed by atoms with Crippen LogP contribution in [0, 0.1) is 17.8 Å². The molecule has 4 atom stereocenters. The van der Waals surface area contributed by atoms with Crippen molar-refractivity contribution < 1.29 is 9.59 Å². The van der Waals surface area contributed by atoms with Gasteiger partial charge in [0.1, 0.15) is 0 Å². The number of hydrogen-bond donors (Lipinski definition) is 3. The average molecular weight is 394 g/mol. The average Bonchev–Trinajstić information content (AvgIpc) is 2.66. The molecule has 5 heteroatoms. The van der Waals surface area contributed by atoms with E-state index >= 15 is 0 Å². The van der Waals surface area contributed by atoms with Crippen LogP contribution in [0.1, 0.15) is 80.6 Å². The van der Waals surface area contributed by atoms with Gasteiger partial charge in [-0.25, -0.2) is 0 Å². The van der Waals surface area contributed by atoms with Gasteiger partial charge in [-0.1, -0.05) is 60.0 Å². The van der Waals surface area contributed by atoms with Crippen LogP contribution in [-0.2, 0) is 9.59 Å². The molecule has 1 aliphatic rings. The Kier molecular flexibility index (Phi) is 8.89. The first kappa shape index (κ1) is 24.8. The van der Waals surface area contributed by atoms with Gasteiger partial charge in [0.15, 0.2) is 5.78 Å². The number of rotatable bonds is 10. The summed E-state index contributed by atoms with van der Waals surface area (Å²) in [6.45, 7) is 18.4. The third-order valence-corrected chi connectivity index (χ3v) is 6.83. The molecule has 0 aromatic rings. The van der Waals surface area contributed by atoms with Crippen molar-refractivity contribution in [3.8, 4) is 0 Å². The molecule has 0 heterocycles. The molecular weight excluding hydrogens is 350 g/mol. The number of hydrogen-bond acceptors (Lipinski definition) is 4. The molecule has 162 valence electrons. The number of carbonyl (C=O) groups is 2. The maximum absolute atomic E-state index is 13.6. The van der Waals surface area contributed by atoms with Gasteiger partial charge in [-0.2, -0.15) is 0 Å². The number of amides is 1. The molecule has 1 aliphatic carbocycles. The van der Waals surface area contributed by atoms with Gasteiger partial charge in [0.25, 0.3) is 0 Å². The second-order valence-electron chi connectivity index (χ2n) is 9.65. The standard InChI is InChI=1S/C23H43N3O2/c1-9-22(8,17(6)15(2)3)26-23(13-11-10-12-14-23)20(27)18(7)25-21(28)19(24)16(4)5/h9,15-19,26H,1,10-14,24H2,2-8H3,(H,25,28)/t17-,18+,19+,22?/m1/s1. The zero-order valence-electron chi connectivity index (χ0n) is 19.1. The van der Waals surface area contributed by atoms with Crippen LogP contribution >= 0.6 is 0 Å². The van der Waals surface area contributed by atoms with Crippen LogP contribution in [0.5, 0.6) is 0 Å². The maximum Gasteiger partial charge on any atom is 0.237 e. The summed E-state index contributed by atoms with van der Waals surface area (Å²) in [5.41, 5.74) is 4.96. The van der Waals surface area contributed by atoms with Crippen LogP contribution in [0.4, 0.5) is 0 Å². The minimum atomic E-state index is -0.640. The topological polar surface area (TPSA) is 84.2 Å². The lowest BCUT2D eigenvalue weighted by atomic mass is 9.71. The molecule has 0 spiro atoms. The zero-order chi connectivity index (χ0) is 21.7. The predicted octanol–water partition coefficient (Wildman–Crippen LogP) is 3.57. The van der Waals surface area contributed by atoms with Crippen LogP contribution in [0.3, 0.4) is 0 Å². The van der Waals surface area contributed by atoms with E-state index in [2.05, 4.69) is 44.9 Å². The van der Waals surface area contributed by atoms with E-state index in [1.165, 1.54) is 0 Å². The van der Waals surface area contributed by atoms with Crippen molar-refractivity contribution in [2.75, 3.05) is 0 Å². The molecule has 0 bridgehead atoms. The highest BCUT2D eigenvalue weighted by Crippen LogP contribution is 2.36. The molecule has 1 fully saturated rings. The lowest BCUT2D eigenvalue weighted by Gasteiger charge is -2.47. The van der Waals surface area contributed by atoms with E-state index < -0.39 is 17.6 Å². The number of Topliss-reactive ketones (excluding diaryl/α,β-unsaturated/α-hetero) is 1. The highest BCUT2D eigenvalue weighted by Gasteiger charge is 2.46. The number of nitrogens with two attached hydrogens (primary N) is 1. The van der Waals surface area contributed by atoms with Crippen LogP contribution < -0.4 is 16.4 Å². The lowest BCUT2D eigenvalue weighted by Crippen LogP contribution is -2.67. The summed E-state index contributed by atoms with van der Waals surface area (Å²) in [6.07, 6.45) is 6.68. The van der Waals surface area contributed by atoms with Crippen molar-refractivity contribution >= 4 is 11.7 Å². The highest BCUT2D eigenvalue weighted by molar-refractivity contribution is 5.96. The summed E-state index contributed by atoms with van der Waals surface area (Å²) >= 11 is 0. The molecule has 5 nitrogen and oxygen atoms in total. The molecule has 0 aliphatic heterocycles. The number of nitrogens with one attached hydrogen (secondary N) is 2. The normalized spacial score (nSPS) is 22.2. The molecule has 1 saturated carbocycles. The first-order valence-corrected chi connectivity index (χ1v) is 10.9. The Hall–Kier alpha value is -1.20. The number of ketones is 1. The predicted molar refractivity (Wildman–Crippen MR) is 117 cm³/mol. The molecule has 1 rings (SSSR count). The van der Waals surface area contributed by atoms with E-state index in [1.54, 1.807) is 6.92 Å². The van der Waals surface area contributed by atoms with Crippen molar-refractivity contribution in [3.63, 3.8) is 0 Å². The smallest absolute Gasteiger partial charge is 0.237 e. The van der Waals surface area contributed by atoms with Crippen LogP contribution in [-0.4, -0.2) is 34.9 Å². The summed E-state index contributed by atoms with van der Waals surface area (Å²) in [5.74, 6) is 0.590. The summed E-state index contributed by atoms with van der Waals surface area (Å²) in [4.78, 5) is 26.0. The molecule has 0 radical (unpaired) electrons. The van der Waals surface area contributed by atoms with Gasteiger partial charge in [0.05, 0.1) is 17.6 Å². The van der Waals surface area contributed by atoms with Crippen molar-refractivity contribution in [2.24, 2.45) is 23.5 Å². The van der Waals surface area contributed by atoms with E-state index in [-0.39, 0.29) is 23.1 Å². The van der Waals surface area contributed by atoms with Crippen LogP contribution in [0.2, 0.25) is 0 Å². The SMILES string of the molecule is C=CC(C)(NC1(C(=O)[C@H](C)NC(=O)[C@@H](N)C(C)C)CCCCC1)[C@H](C)C(C)C. The summed E-state index contributed by atoms with van der Waals surface area (Å²) < 4.78 is 0. The highest BCUT2D eigenvalue weighted by atomic mass is 16.2.